The van der Waals surface area contributed by atoms with Gasteiger partial charge in [0.2, 0.25) is 10.0 Å². The number of hydrogen-bond acceptors (Lipinski definition) is 5. The molecule has 1 aromatic heterocycles. The fourth-order valence-corrected chi connectivity index (χ4v) is 3.93. The van der Waals surface area contributed by atoms with Crippen molar-refractivity contribution < 1.29 is 17.5 Å². The molecule has 0 spiro atoms. The van der Waals surface area contributed by atoms with Crippen molar-refractivity contribution >= 4 is 15.8 Å². The second kappa shape index (κ2) is 7.95. The van der Waals surface area contributed by atoms with Crippen LogP contribution in [0, 0.1) is 12.7 Å². The van der Waals surface area contributed by atoms with Crippen molar-refractivity contribution in [3.63, 3.8) is 0 Å². The molecule has 28 heavy (non-hydrogen) atoms. The zero-order valence-electron chi connectivity index (χ0n) is 15.4. The number of pyridine rings is 1. The largest absolute Gasteiger partial charge is 0.494 e. The molecule has 0 atom stereocenters. The highest BCUT2D eigenvalue weighted by molar-refractivity contribution is 7.89. The second-order valence-corrected chi connectivity index (χ2v) is 7.94. The van der Waals surface area contributed by atoms with E-state index in [2.05, 4.69) is 9.71 Å². The Morgan fingerprint density at radius 3 is 2.61 bits per heavy atom. The van der Waals surface area contributed by atoms with Gasteiger partial charge in [-0.2, -0.15) is 0 Å². The highest BCUT2D eigenvalue weighted by Gasteiger charge is 2.18. The van der Waals surface area contributed by atoms with Crippen LogP contribution >= 0.6 is 0 Å². The standard InChI is InChI=1S/C20H20FN3O3S/c1-13-11-15(28(25,26)24-12-14-5-4-10-23-20(14)22)8-9-16(13)17-6-3-7-18(27-2)19(17)21/h3-11,24H,12H2,1-2H3,(H2,22,23). The molecule has 3 rings (SSSR count). The molecule has 146 valence electrons. The Balaban J connectivity index is 1.88. The van der Waals surface area contributed by atoms with Gasteiger partial charge in [-0.15, -0.1) is 0 Å². The van der Waals surface area contributed by atoms with Crippen molar-refractivity contribution in [3.05, 3.63) is 71.7 Å². The second-order valence-electron chi connectivity index (χ2n) is 6.17. The van der Waals surface area contributed by atoms with Gasteiger partial charge in [0.1, 0.15) is 5.82 Å². The van der Waals surface area contributed by atoms with E-state index < -0.39 is 15.8 Å². The molecule has 2 aromatic carbocycles. The Morgan fingerprint density at radius 1 is 1.14 bits per heavy atom. The molecule has 8 heteroatoms. The highest BCUT2D eigenvalue weighted by atomic mass is 32.2. The number of hydrogen-bond donors (Lipinski definition) is 2. The van der Waals surface area contributed by atoms with Crippen LogP contribution in [0.4, 0.5) is 10.2 Å². The van der Waals surface area contributed by atoms with Crippen molar-refractivity contribution in [3.8, 4) is 16.9 Å². The molecule has 0 bridgehead atoms. The summed E-state index contributed by atoms with van der Waals surface area (Å²) in [6, 6.07) is 12.7. The first kappa shape index (κ1) is 19.8. The number of aromatic nitrogens is 1. The van der Waals surface area contributed by atoms with Crippen LogP contribution in [-0.2, 0) is 16.6 Å². The summed E-state index contributed by atoms with van der Waals surface area (Å²) in [5, 5.41) is 0. The molecule has 3 aromatic rings. The average molecular weight is 401 g/mol. The summed E-state index contributed by atoms with van der Waals surface area (Å²) in [6.45, 7) is 1.75. The molecule has 0 saturated carbocycles. The number of methoxy groups -OCH3 is 1. The molecule has 3 N–H and O–H groups in total. The van der Waals surface area contributed by atoms with Gasteiger partial charge in [0.05, 0.1) is 12.0 Å². The van der Waals surface area contributed by atoms with Gasteiger partial charge in [-0.05, 0) is 42.3 Å². The van der Waals surface area contributed by atoms with E-state index in [4.69, 9.17) is 10.5 Å². The number of nitrogens with two attached hydrogens (primary N) is 1. The first-order chi connectivity index (χ1) is 13.3. The number of halogens is 1. The van der Waals surface area contributed by atoms with Crippen LogP contribution in [0.5, 0.6) is 5.75 Å². The Hall–Kier alpha value is -2.97. The summed E-state index contributed by atoms with van der Waals surface area (Å²) >= 11 is 0. The van der Waals surface area contributed by atoms with Crippen LogP contribution in [0.15, 0.2) is 59.6 Å². The van der Waals surface area contributed by atoms with E-state index in [-0.39, 0.29) is 23.0 Å². The van der Waals surface area contributed by atoms with Crippen LogP contribution in [0.3, 0.4) is 0 Å². The predicted molar refractivity (Wildman–Crippen MR) is 106 cm³/mol. The van der Waals surface area contributed by atoms with Gasteiger partial charge >= 0.3 is 0 Å². The number of sulfonamides is 1. The first-order valence-electron chi connectivity index (χ1n) is 8.46. The van der Waals surface area contributed by atoms with Gasteiger partial charge in [-0.25, -0.2) is 22.5 Å². The summed E-state index contributed by atoms with van der Waals surface area (Å²) in [6.07, 6.45) is 1.53. The van der Waals surface area contributed by atoms with E-state index in [1.54, 1.807) is 37.3 Å². The van der Waals surface area contributed by atoms with Gasteiger partial charge in [0.25, 0.3) is 0 Å². The van der Waals surface area contributed by atoms with E-state index in [9.17, 15) is 12.8 Å². The van der Waals surface area contributed by atoms with E-state index in [1.807, 2.05) is 0 Å². The summed E-state index contributed by atoms with van der Waals surface area (Å²) in [5.74, 6) is -0.0940. The average Bonchev–Trinajstić information content (AvgIpc) is 2.68. The number of nitrogens with one attached hydrogen (secondary N) is 1. The van der Waals surface area contributed by atoms with Crippen molar-refractivity contribution in [1.29, 1.82) is 0 Å². The molecule has 0 aliphatic carbocycles. The van der Waals surface area contributed by atoms with Crippen molar-refractivity contribution in [2.75, 3.05) is 12.8 Å². The number of nitrogens with zero attached hydrogens (tertiary/aromatic N) is 1. The van der Waals surface area contributed by atoms with Gasteiger partial charge in [0, 0.05) is 23.9 Å². The first-order valence-corrected chi connectivity index (χ1v) is 9.94. The molecular weight excluding hydrogens is 381 g/mol. The zero-order chi connectivity index (χ0) is 20.3. The van der Waals surface area contributed by atoms with Crippen molar-refractivity contribution in [1.82, 2.24) is 9.71 Å². The lowest BCUT2D eigenvalue weighted by Crippen LogP contribution is -2.24. The third-order valence-corrected chi connectivity index (χ3v) is 5.76. The number of ether oxygens (including phenoxy) is 1. The summed E-state index contributed by atoms with van der Waals surface area (Å²) in [4.78, 5) is 4.01. The summed E-state index contributed by atoms with van der Waals surface area (Å²) < 4.78 is 47.3. The van der Waals surface area contributed by atoms with Gasteiger partial charge < -0.3 is 10.5 Å². The molecule has 1 heterocycles. The topological polar surface area (TPSA) is 94.3 Å². The molecular formula is C20H20FN3O3S. The molecule has 0 aliphatic heterocycles. The zero-order valence-corrected chi connectivity index (χ0v) is 16.3. The van der Waals surface area contributed by atoms with Crippen LogP contribution in [-0.4, -0.2) is 20.5 Å². The Labute approximate surface area is 163 Å². The Kier molecular flexibility index (Phi) is 5.62. The van der Waals surface area contributed by atoms with Crippen LogP contribution in [0.1, 0.15) is 11.1 Å². The molecule has 0 amide bonds. The number of rotatable bonds is 6. The lowest BCUT2D eigenvalue weighted by Gasteiger charge is -2.13. The van der Waals surface area contributed by atoms with Crippen molar-refractivity contribution in [2.24, 2.45) is 0 Å². The quantitative estimate of drug-likeness (QED) is 0.661. The molecule has 6 nitrogen and oxygen atoms in total. The number of benzene rings is 2. The van der Waals surface area contributed by atoms with Crippen LogP contribution < -0.4 is 15.2 Å². The van der Waals surface area contributed by atoms with E-state index >= 15 is 0 Å². The maximum absolute atomic E-state index is 14.5. The lowest BCUT2D eigenvalue weighted by molar-refractivity contribution is 0.387. The normalized spacial score (nSPS) is 11.4. The van der Waals surface area contributed by atoms with E-state index in [0.717, 1.165) is 0 Å². The summed E-state index contributed by atoms with van der Waals surface area (Å²) in [5.41, 5.74) is 7.88. The predicted octanol–water partition coefficient (Wildman–Crippen LogP) is 3.27. The number of anilines is 1. The molecule has 0 saturated heterocycles. The lowest BCUT2D eigenvalue weighted by atomic mass is 10.00. The van der Waals surface area contributed by atoms with Crippen LogP contribution in [0.2, 0.25) is 0 Å². The Morgan fingerprint density at radius 2 is 1.93 bits per heavy atom. The fourth-order valence-electron chi connectivity index (χ4n) is 2.84. The minimum atomic E-state index is -3.77. The third-order valence-electron chi connectivity index (χ3n) is 4.36. The fraction of sp³-hybridized carbons (Fsp3) is 0.150. The van der Waals surface area contributed by atoms with Gasteiger partial charge in [0.15, 0.2) is 11.6 Å². The van der Waals surface area contributed by atoms with Crippen LogP contribution in [0.25, 0.3) is 11.1 Å². The number of nitrogen functional groups attached to an aromatic ring is 1. The molecule has 0 fully saturated rings. The minimum absolute atomic E-state index is 0.0211. The molecule has 0 unspecified atom stereocenters. The highest BCUT2D eigenvalue weighted by Crippen LogP contribution is 2.32. The Bertz CT molecular complexity index is 1120. The third kappa shape index (κ3) is 3.97. The monoisotopic (exact) mass is 401 g/mol. The smallest absolute Gasteiger partial charge is 0.240 e. The maximum atomic E-state index is 14.5. The molecule has 0 radical (unpaired) electrons. The van der Waals surface area contributed by atoms with E-state index in [0.29, 0.717) is 22.3 Å². The maximum Gasteiger partial charge on any atom is 0.240 e. The minimum Gasteiger partial charge on any atom is -0.494 e. The van der Waals surface area contributed by atoms with Gasteiger partial charge in [-0.3, -0.25) is 0 Å². The van der Waals surface area contributed by atoms with Gasteiger partial charge in [-0.1, -0.05) is 24.3 Å². The summed E-state index contributed by atoms with van der Waals surface area (Å²) in [7, 11) is -2.38. The van der Waals surface area contributed by atoms with Crippen molar-refractivity contribution in [2.45, 2.75) is 18.4 Å². The van der Waals surface area contributed by atoms with E-state index in [1.165, 1.54) is 31.5 Å². The molecule has 0 aliphatic rings. The SMILES string of the molecule is COc1cccc(-c2ccc(S(=O)(=O)NCc3cccnc3N)cc2C)c1F. The number of aryl methyl sites for hydroxylation is 1.